The van der Waals surface area contributed by atoms with Gasteiger partial charge in [-0.3, -0.25) is 0 Å². The average molecular weight is 717 g/mol. The summed E-state index contributed by atoms with van der Waals surface area (Å²) in [6.07, 6.45) is 5.21. The fourth-order valence-corrected chi connectivity index (χ4v) is 9.09. The van der Waals surface area contributed by atoms with Gasteiger partial charge < -0.3 is 9.80 Å². The van der Waals surface area contributed by atoms with Crippen LogP contribution in [0.15, 0.2) is 108 Å². The number of hydrogen-bond acceptors (Lipinski definition) is 2. The first-order chi connectivity index (χ1) is 24.8. The Hall–Kier alpha value is -3.98. The number of allylic oxidation sites excluding steroid dienone is 2. The van der Waals surface area contributed by atoms with E-state index in [2.05, 4.69) is 218 Å². The van der Waals surface area contributed by atoms with E-state index in [1.54, 1.807) is 0 Å². The first-order valence-electron chi connectivity index (χ1n) is 20.3. The van der Waals surface area contributed by atoms with Gasteiger partial charge in [0.15, 0.2) is 0 Å². The van der Waals surface area contributed by atoms with E-state index in [9.17, 15) is 0 Å². The van der Waals surface area contributed by atoms with Gasteiger partial charge in [0, 0.05) is 33.8 Å². The third kappa shape index (κ3) is 6.28. The summed E-state index contributed by atoms with van der Waals surface area (Å²) >= 11 is 0. The van der Waals surface area contributed by atoms with Gasteiger partial charge in [-0.2, -0.15) is 0 Å². The van der Waals surface area contributed by atoms with Gasteiger partial charge in [-0.1, -0.05) is 165 Å². The predicted molar refractivity (Wildman–Crippen MR) is 238 cm³/mol. The van der Waals surface area contributed by atoms with Crippen molar-refractivity contribution in [3.63, 3.8) is 0 Å². The molecule has 2 nitrogen and oxygen atoms in total. The van der Waals surface area contributed by atoms with Crippen LogP contribution in [0.5, 0.6) is 0 Å². The van der Waals surface area contributed by atoms with E-state index in [4.69, 9.17) is 0 Å². The molecule has 282 valence electrons. The van der Waals surface area contributed by atoms with Gasteiger partial charge in [0.2, 0.25) is 6.71 Å². The van der Waals surface area contributed by atoms with E-state index in [0.29, 0.717) is 0 Å². The van der Waals surface area contributed by atoms with E-state index >= 15 is 0 Å². The highest BCUT2D eigenvalue weighted by atomic mass is 15.2. The van der Waals surface area contributed by atoms with Crippen LogP contribution in [0, 0.1) is 5.41 Å². The summed E-state index contributed by atoms with van der Waals surface area (Å²) < 4.78 is 0. The standard InChI is InChI=1S/C51H65BN2/c1-46(2,3)33-17-23-38(24-18-33)53-42-29-35(48(7,8)9)21-27-40(42)52-41-28-22-36(49(10,11)12)30-43(41)54(39-25-19-34(20-26-39)47(4,5)6)45-32-37(50(13,14)15)31-44(53)51(45,52)16/h17-32,44H,1-16H3. The first kappa shape index (κ1) is 38.3. The van der Waals surface area contributed by atoms with Crippen molar-refractivity contribution >= 4 is 40.4 Å². The second-order valence-corrected chi connectivity index (χ2v) is 21.9. The monoisotopic (exact) mass is 717 g/mol. The molecule has 3 aliphatic rings. The van der Waals surface area contributed by atoms with Crippen molar-refractivity contribution in [3.05, 3.63) is 131 Å². The van der Waals surface area contributed by atoms with Crippen molar-refractivity contribution in [2.24, 2.45) is 5.41 Å². The molecule has 7 rings (SSSR count). The summed E-state index contributed by atoms with van der Waals surface area (Å²) in [5, 5.41) is -0.285. The lowest BCUT2D eigenvalue weighted by Gasteiger charge is -2.60. The zero-order valence-corrected chi connectivity index (χ0v) is 36.3. The van der Waals surface area contributed by atoms with Crippen LogP contribution >= 0.6 is 0 Å². The van der Waals surface area contributed by atoms with Crippen molar-refractivity contribution < 1.29 is 0 Å². The maximum atomic E-state index is 2.71. The van der Waals surface area contributed by atoms with Gasteiger partial charge in [0.25, 0.3) is 0 Å². The fourth-order valence-electron chi connectivity index (χ4n) is 9.09. The molecule has 0 fully saturated rings. The third-order valence-electron chi connectivity index (χ3n) is 12.7. The Morgan fingerprint density at radius 2 is 0.889 bits per heavy atom. The fraction of sp³-hybridized carbons (Fsp3) is 0.451. The summed E-state index contributed by atoms with van der Waals surface area (Å²) in [7, 11) is 0. The first-order valence-corrected chi connectivity index (χ1v) is 20.3. The van der Waals surface area contributed by atoms with Crippen LogP contribution in [-0.4, -0.2) is 12.8 Å². The molecule has 0 spiro atoms. The van der Waals surface area contributed by atoms with Gasteiger partial charge in [-0.05, 0) is 108 Å². The third-order valence-corrected chi connectivity index (χ3v) is 12.7. The van der Waals surface area contributed by atoms with Gasteiger partial charge >= 0.3 is 0 Å². The van der Waals surface area contributed by atoms with Gasteiger partial charge in [-0.15, -0.1) is 0 Å². The summed E-state index contributed by atoms with van der Waals surface area (Å²) in [6, 6.07) is 33.8. The Morgan fingerprint density at radius 3 is 1.33 bits per heavy atom. The number of rotatable bonds is 2. The van der Waals surface area contributed by atoms with Gasteiger partial charge in [0.1, 0.15) is 0 Å². The van der Waals surface area contributed by atoms with Crippen LogP contribution in [0.4, 0.5) is 22.7 Å². The van der Waals surface area contributed by atoms with Gasteiger partial charge in [0.05, 0.1) is 6.04 Å². The molecular weight excluding hydrogens is 651 g/mol. The van der Waals surface area contributed by atoms with Crippen LogP contribution in [-0.2, 0) is 21.7 Å². The van der Waals surface area contributed by atoms with Crippen molar-refractivity contribution in [3.8, 4) is 0 Å². The summed E-state index contributed by atoms with van der Waals surface area (Å²) in [6.45, 7) is 37.8. The Balaban J connectivity index is 1.60. The predicted octanol–water partition coefficient (Wildman–Crippen LogP) is 12.8. The lowest BCUT2D eigenvalue weighted by atomic mass is 9.22. The smallest absolute Gasteiger partial charge is 0.229 e. The van der Waals surface area contributed by atoms with Crippen molar-refractivity contribution in [2.45, 2.75) is 144 Å². The molecule has 2 aliphatic heterocycles. The Morgan fingerprint density at radius 1 is 0.481 bits per heavy atom. The molecule has 0 saturated carbocycles. The highest BCUT2D eigenvalue weighted by Gasteiger charge is 2.60. The highest BCUT2D eigenvalue weighted by molar-refractivity contribution is 6.91. The minimum Gasteiger partial charge on any atom is -0.335 e. The molecule has 0 saturated heterocycles. The van der Waals surface area contributed by atoms with E-state index in [1.165, 1.54) is 67.2 Å². The average Bonchev–Trinajstić information content (AvgIpc) is 3.05. The Kier molecular flexibility index (Phi) is 8.70. The molecule has 2 heterocycles. The molecule has 0 N–H and O–H groups in total. The van der Waals surface area contributed by atoms with Crippen LogP contribution in [0.3, 0.4) is 0 Å². The lowest BCUT2D eigenvalue weighted by molar-refractivity contribution is 0.487. The molecule has 4 aromatic carbocycles. The normalized spacial score (nSPS) is 20.2. The molecule has 4 aromatic rings. The van der Waals surface area contributed by atoms with Crippen molar-refractivity contribution in [1.82, 2.24) is 0 Å². The van der Waals surface area contributed by atoms with E-state index in [0.717, 1.165) is 0 Å². The molecule has 3 heteroatoms. The van der Waals surface area contributed by atoms with E-state index in [1.807, 2.05) is 0 Å². The van der Waals surface area contributed by atoms with E-state index in [-0.39, 0.29) is 45.1 Å². The summed E-state index contributed by atoms with van der Waals surface area (Å²) in [4.78, 5) is 5.36. The number of nitrogens with zero attached hydrogens (tertiary/aromatic N) is 2. The number of anilines is 4. The summed E-state index contributed by atoms with van der Waals surface area (Å²) in [5.41, 5.74) is 16.3. The topological polar surface area (TPSA) is 6.48 Å². The molecule has 0 amide bonds. The Bertz CT molecular complexity index is 2150. The van der Waals surface area contributed by atoms with Crippen LogP contribution < -0.4 is 20.7 Å². The number of fused-ring (bicyclic) bond motifs is 4. The number of hydrogen-bond donors (Lipinski definition) is 0. The Labute approximate surface area is 328 Å². The lowest BCUT2D eigenvalue weighted by Crippen LogP contribution is -2.68. The molecule has 2 atom stereocenters. The minimum atomic E-state index is -0.285. The van der Waals surface area contributed by atoms with Crippen molar-refractivity contribution in [2.75, 3.05) is 9.80 Å². The SMILES string of the molecule is CC(C)(C)C1=CC2N(c3ccc(C(C)(C)C)cc3)c3cc(C(C)(C)C)ccc3B3c4ccc(C(C)(C)C)cc4N(c4ccc(C(C)(C)C)cc4)C(=C1)C32C. The van der Waals surface area contributed by atoms with Crippen LogP contribution in [0.25, 0.3) is 0 Å². The minimum absolute atomic E-state index is 0.0135. The largest absolute Gasteiger partial charge is 0.335 e. The van der Waals surface area contributed by atoms with Gasteiger partial charge in [-0.25, -0.2) is 0 Å². The summed E-state index contributed by atoms with van der Waals surface area (Å²) in [5.74, 6) is 0. The number of benzene rings is 4. The molecular formula is C51H65BN2. The van der Waals surface area contributed by atoms with Crippen LogP contribution in [0.2, 0.25) is 5.31 Å². The second kappa shape index (κ2) is 12.3. The molecule has 0 radical (unpaired) electrons. The van der Waals surface area contributed by atoms with Crippen LogP contribution in [0.1, 0.15) is 133 Å². The maximum Gasteiger partial charge on any atom is 0.229 e. The zero-order chi connectivity index (χ0) is 39.6. The van der Waals surface area contributed by atoms with E-state index < -0.39 is 0 Å². The van der Waals surface area contributed by atoms with Crippen molar-refractivity contribution in [1.29, 1.82) is 0 Å². The quantitative estimate of drug-likeness (QED) is 0.191. The maximum absolute atomic E-state index is 2.71. The molecule has 54 heavy (non-hydrogen) atoms. The zero-order valence-electron chi connectivity index (χ0n) is 36.3. The second-order valence-electron chi connectivity index (χ2n) is 21.9. The molecule has 0 aromatic heterocycles. The highest BCUT2D eigenvalue weighted by Crippen LogP contribution is 2.60. The molecule has 0 bridgehead atoms. The molecule has 1 aliphatic carbocycles. The molecule has 2 unspecified atom stereocenters.